The number of aryl methyl sites for hydroxylation is 1. The monoisotopic (exact) mass is 422 g/mol. The molecule has 31 heavy (non-hydrogen) atoms. The number of anilines is 1. The molecule has 0 radical (unpaired) electrons. The van der Waals surface area contributed by atoms with E-state index in [4.69, 9.17) is 4.98 Å². The van der Waals surface area contributed by atoms with Gasteiger partial charge in [0.05, 0.1) is 0 Å². The molecule has 2 aromatic rings. The molecule has 2 saturated heterocycles. The van der Waals surface area contributed by atoms with Crippen LogP contribution in [0.5, 0.6) is 0 Å². The van der Waals surface area contributed by atoms with Crippen molar-refractivity contribution in [3.8, 4) is 11.4 Å². The van der Waals surface area contributed by atoms with E-state index in [0.29, 0.717) is 30.4 Å². The number of carbonyl (C=O) groups excluding carboxylic acids is 3. The fourth-order valence-electron chi connectivity index (χ4n) is 4.86. The van der Waals surface area contributed by atoms with E-state index in [-0.39, 0.29) is 18.2 Å². The minimum Gasteiger partial charge on any atom is -0.338 e. The molecule has 0 aliphatic carbocycles. The van der Waals surface area contributed by atoms with Gasteiger partial charge in [0, 0.05) is 43.7 Å². The number of amides is 3. The summed E-state index contributed by atoms with van der Waals surface area (Å²) in [6.45, 7) is 3.54. The minimum atomic E-state index is -0.610. The first-order chi connectivity index (χ1) is 14.9. The maximum absolute atomic E-state index is 12.9. The Morgan fingerprint density at radius 1 is 1.10 bits per heavy atom. The van der Waals surface area contributed by atoms with Crippen LogP contribution in [0.3, 0.4) is 0 Å². The van der Waals surface area contributed by atoms with Crippen LogP contribution in [0.15, 0.2) is 18.2 Å². The lowest BCUT2D eigenvalue weighted by molar-refractivity contribution is -0.136. The molecule has 3 amide bonds. The van der Waals surface area contributed by atoms with Crippen LogP contribution in [0.25, 0.3) is 11.4 Å². The van der Waals surface area contributed by atoms with Crippen molar-refractivity contribution in [1.82, 2.24) is 25.0 Å². The molecule has 3 aliphatic rings. The number of fused-ring (bicyclic) bond motifs is 1. The Morgan fingerprint density at radius 2 is 1.94 bits per heavy atom. The summed E-state index contributed by atoms with van der Waals surface area (Å²) in [4.78, 5) is 45.2. The summed E-state index contributed by atoms with van der Waals surface area (Å²) >= 11 is 0. The third-order valence-electron chi connectivity index (χ3n) is 6.58. The number of benzene rings is 1. The highest BCUT2D eigenvalue weighted by Crippen LogP contribution is 2.31. The molecular formula is C22H26N6O3. The zero-order chi connectivity index (χ0) is 21.7. The molecule has 162 valence electrons. The summed E-state index contributed by atoms with van der Waals surface area (Å²) in [5.74, 6) is 0.638. The largest absolute Gasteiger partial charge is 0.338 e. The number of rotatable bonds is 3. The predicted octanol–water partition coefficient (Wildman–Crippen LogP) is 1.62. The Labute approximate surface area is 180 Å². The molecule has 9 nitrogen and oxygen atoms in total. The number of nitrogens with zero attached hydrogens (tertiary/aromatic N) is 5. The Balaban J connectivity index is 1.40. The second-order valence-corrected chi connectivity index (χ2v) is 8.67. The molecule has 0 spiro atoms. The quantitative estimate of drug-likeness (QED) is 0.755. The van der Waals surface area contributed by atoms with Crippen LogP contribution >= 0.6 is 0 Å². The van der Waals surface area contributed by atoms with E-state index in [1.807, 2.05) is 23.9 Å². The van der Waals surface area contributed by atoms with Gasteiger partial charge in [0.15, 0.2) is 5.82 Å². The van der Waals surface area contributed by atoms with Crippen LogP contribution in [-0.4, -0.2) is 56.0 Å². The van der Waals surface area contributed by atoms with Crippen molar-refractivity contribution in [2.75, 3.05) is 11.4 Å². The second-order valence-electron chi connectivity index (χ2n) is 8.67. The normalized spacial score (nSPS) is 23.9. The van der Waals surface area contributed by atoms with Crippen LogP contribution in [0.2, 0.25) is 0 Å². The van der Waals surface area contributed by atoms with Gasteiger partial charge in [-0.3, -0.25) is 19.7 Å². The van der Waals surface area contributed by atoms with Crippen molar-refractivity contribution in [2.45, 2.75) is 57.7 Å². The van der Waals surface area contributed by atoms with Gasteiger partial charge in [0.25, 0.3) is 5.91 Å². The van der Waals surface area contributed by atoms with Crippen LogP contribution in [0.4, 0.5) is 5.95 Å². The smallest absolute Gasteiger partial charge is 0.255 e. The van der Waals surface area contributed by atoms with Gasteiger partial charge in [-0.1, -0.05) is 6.07 Å². The number of hydrogen-bond acceptors (Lipinski definition) is 6. The summed E-state index contributed by atoms with van der Waals surface area (Å²) in [5, 5.41) is 6.96. The SMILES string of the molecule is C[C@@H]1CCCCN1c1nc(-c2ccc3c(c2)CN(C2CCC(=O)NC2=O)C3=O)nn1C. The van der Waals surface area contributed by atoms with Gasteiger partial charge >= 0.3 is 0 Å². The summed E-state index contributed by atoms with van der Waals surface area (Å²) < 4.78 is 1.82. The molecule has 1 N–H and O–H groups in total. The lowest BCUT2D eigenvalue weighted by Crippen LogP contribution is -2.52. The molecule has 0 saturated carbocycles. The highest BCUT2D eigenvalue weighted by atomic mass is 16.2. The third kappa shape index (κ3) is 3.37. The molecule has 0 bridgehead atoms. The van der Waals surface area contributed by atoms with Crippen molar-refractivity contribution in [1.29, 1.82) is 0 Å². The Bertz CT molecular complexity index is 1080. The van der Waals surface area contributed by atoms with Gasteiger partial charge < -0.3 is 9.80 Å². The first kappa shape index (κ1) is 19.7. The highest BCUT2D eigenvalue weighted by Gasteiger charge is 2.39. The molecule has 9 heteroatoms. The summed E-state index contributed by atoms with van der Waals surface area (Å²) in [5.41, 5.74) is 2.30. The summed E-state index contributed by atoms with van der Waals surface area (Å²) in [6, 6.07) is 5.42. The third-order valence-corrected chi connectivity index (χ3v) is 6.58. The molecule has 2 fully saturated rings. The molecule has 1 unspecified atom stereocenters. The minimum absolute atomic E-state index is 0.173. The first-order valence-electron chi connectivity index (χ1n) is 10.9. The Kier molecular flexibility index (Phi) is 4.75. The van der Waals surface area contributed by atoms with Crippen molar-refractivity contribution in [3.63, 3.8) is 0 Å². The van der Waals surface area contributed by atoms with Gasteiger partial charge in [0.1, 0.15) is 6.04 Å². The average molecular weight is 422 g/mol. The zero-order valence-corrected chi connectivity index (χ0v) is 17.8. The van der Waals surface area contributed by atoms with E-state index in [0.717, 1.165) is 36.5 Å². The summed E-state index contributed by atoms with van der Waals surface area (Å²) in [7, 11) is 1.91. The van der Waals surface area contributed by atoms with E-state index in [2.05, 4.69) is 22.2 Å². The van der Waals surface area contributed by atoms with Gasteiger partial charge in [-0.15, -0.1) is 5.10 Å². The number of piperidine rings is 2. The second kappa shape index (κ2) is 7.47. The van der Waals surface area contributed by atoms with Crippen molar-refractivity contribution >= 4 is 23.7 Å². The number of imide groups is 1. The van der Waals surface area contributed by atoms with E-state index >= 15 is 0 Å². The molecule has 1 aromatic carbocycles. The van der Waals surface area contributed by atoms with E-state index in [1.54, 1.807) is 11.0 Å². The van der Waals surface area contributed by atoms with Crippen LogP contribution < -0.4 is 10.2 Å². The topological polar surface area (TPSA) is 100 Å². The number of carbonyl (C=O) groups is 3. The molecule has 4 heterocycles. The van der Waals surface area contributed by atoms with Gasteiger partial charge in [-0.25, -0.2) is 4.68 Å². The number of hydrogen-bond donors (Lipinski definition) is 1. The van der Waals surface area contributed by atoms with Gasteiger partial charge in [-0.05, 0) is 50.3 Å². The van der Waals surface area contributed by atoms with Crippen LogP contribution in [0, 0.1) is 0 Å². The molecule has 3 aliphatic heterocycles. The molecule has 5 rings (SSSR count). The van der Waals surface area contributed by atoms with Crippen LogP contribution in [-0.2, 0) is 23.2 Å². The van der Waals surface area contributed by atoms with E-state index in [1.165, 1.54) is 6.42 Å². The predicted molar refractivity (Wildman–Crippen MR) is 113 cm³/mol. The lowest BCUT2D eigenvalue weighted by Gasteiger charge is -2.33. The fraction of sp³-hybridized carbons (Fsp3) is 0.500. The zero-order valence-electron chi connectivity index (χ0n) is 17.8. The van der Waals surface area contributed by atoms with Crippen molar-refractivity contribution in [2.24, 2.45) is 7.05 Å². The van der Waals surface area contributed by atoms with Gasteiger partial charge in [0.2, 0.25) is 17.8 Å². The highest BCUT2D eigenvalue weighted by molar-refractivity contribution is 6.05. The van der Waals surface area contributed by atoms with Crippen molar-refractivity contribution in [3.05, 3.63) is 29.3 Å². The van der Waals surface area contributed by atoms with Gasteiger partial charge in [-0.2, -0.15) is 4.98 Å². The van der Waals surface area contributed by atoms with E-state index in [9.17, 15) is 14.4 Å². The Hall–Kier alpha value is -3.23. The fourth-order valence-corrected chi connectivity index (χ4v) is 4.86. The molecule has 2 atom stereocenters. The van der Waals surface area contributed by atoms with E-state index < -0.39 is 11.9 Å². The van der Waals surface area contributed by atoms with Crippen molar-refractivity contribution < 1.29 is 14.4 Å². The molecule has 1 aromatic heterocycles. The first-order valence-corrected chi connectivity index (χ1v) is 10.9. The Morgan fingerprint density at radius 3 is 2.71 bits per heavy atom. The maximum Gasteiger partial charge on any atom is 0.255 e. The number of aromatic nitrogens is 3. The lowest BCUT2D eigenvalue weighted by atomic mass is 10.0. The van der Waals surface area contributed by atoms with Crippen LogP contribution in [0.1, 0.15) is 54.9 Å². The maximum atomic E-state index is 12.9. The summed E-state index contributed by atoms with van der Waals surface area (Å²) in [6.07, 6.45) is 4.15. The average Bonchev–Trinajstić information content (AvgIpc) is 3.28. The molecular weight excluding hydrogens is 396 g/mol. The number of nitrogens with one attached hydrogen (secondary N) is 1. The standard InChI is InChI=1S/C22H26N6O3/c1-13-5-3-4-10-27(13)22-24-19(25-26(22)2)14-6-7-16-15(11-14)12-28(21(16)31)17-8-9-18(29)23-20(17)30/h6-7,11,13,17H,3-5,8-10,12H2,1-2H3,(H,23,29,30)/t13-,17?/m1/s1.